The van der Waals surface area contributed by atoms with Crippen LogP contribution in [0.1, 0.15) is 18.9 Å². The van der Waals surface area contributed by atoms with Gasteiger partial charge in [-0.1, -0.05) is 12.7 Å². The number of aromatic amines is 1. The molecule has 7 nitrogen and oxygen atoms in total. The number of benzene rings is 1. The molecule has 0 unspecified atom stereocenters. The first-order chi connectivity index (χ1) is 12.5. The molecule has 1 saturated heterocycles. The van der Waals surface area contributed by atoms with E-state index in [4.69, 9.17) is 14.2 Å². The van der Waals surface area contributed by atoms with Gasteiger partial charge in [0.2, 0.25) is 0 Å². The van der Waals surface area contributed by atoms with Gasteiger partial charge in [0.05, 0.1) is 26.3 Å². The third-order valence-corrected chi connectivity index (χ3v) is 4.61. The van der Waals surface area contributed by atoms with Crippen LogP contribution < -0.4 is 15.0 Å². The molecule has 0 saturated carbocycles. The van der Waals surface area contributed by atoms with Gasteiger partial charge in [-0.3, -0.25) is 4.79 Å². The van der Waals surface area contributed by atoms with Gasteiger partial charge in [0.25, 0.3) is 5.56 Å². The van der Waals surface area contributed by atoms with Crippen molar-refractivity contribution in [2.24, 2.45) is 0 Å². The van der Waals surface area contributed by atoms with E-state index in [1.807, 2.05) is 13.0 Å². The molecule has 0 spiro atoms. The summed E-state index contributed by atoms with van der Waals surface area (Å²) in [6.45, 7) is 6.15. The second-order valence-corrected chi connectivity index (χ2v) is 6.29. The number of ether oxygens (including phenoxy) is 3. The molecule has 1 aliphatic rings. The number of nitrogens with zero attached hydrogens (tertiary/aromatic N) is 1. The summed E-state index contributed by atoms with van der Waals surface area (Å²) in [5.74, 6) is 1.09. The van der Waals surface area contributed by atoms with Crippen molar-refractivity contribution < 1.29 is 19.0 Å². The molecule has 2 heterocycles. The predicted octanol–water partition coefficient (Wildman–Crippen LogP) is 2.79. The van der Waals surface area contributed by atoms with E-state index < -0.39 is 0 Å². The first-order valence-corrected chi connectivity index (χ1v) is 8.35. The van der Waals surface area contributed by atoms with Gasteiger partial charge in [-0.15, -0.1) is 0 Å². The van der Waals surface area contributed by atoms with Gasteiger partial charge in [-0.2, -0.15) is 0 Å². The Morgan fingerprint density at radius 1 is 1.31 bits per heavy atom. The number of likely N-dealkylation sites (tertiary alicyclic amines) is 1. The third kappa shape index (κ3) is 3.24. The quantitative estimate of drug-likeness (QED) is 0.909. The van der Waals surface area contributed by atoms with E-state index in [9.17, 15) is 9.59 Å². The second-order valence-electron chi connectivity index (χ2n) is 6.29. The largest absolute Gasteiger partial charge is 0.496 e. The Morgan fingerprint density at radius 2 is 2.08 bits per heavy atom. The molecule has 2 aromatic rings. The van der Waals surface area contributed by atoms with Crippen LogP contribution in [0.5, 0.6) is 11.5 Å². The number of rotatable bonds is 4. The number of aromatic nitrogens is 1. The van der Waals surface area contributed by atoms with Gasteiger partial charge in [0, 0.05) is 35.5 Å². The number of H-pyrrole nitrogens is 1. The molecule has 1 aromatic carbocycles. The number of carbonyl (C=O) groups excluding carboxylic acids is 1. The topological polar surface area (TPSA) is 80.9 Å². The van der Waals surface area contributed by atoms with Gasteiger partial charge in [0.1, 0.15) is 17.6 Å². The minimum absolute atomic E-state index is 0.00420. The van der Waals surface area contributed by atoms with Crippen molar-refractivity contribution in [3.8, 4) is 11.5 Å². The molecule has 2 atom stereocenters. The van der Waals surface area contributed by atoms with Crippen molar-refractivity contribution in [2.45, 2.75) is 25.5 Å². The molecule has 0 aliphatic carbocycles. The normalized spacial score (nSPS) is 19.4. The fourth-order valence-electron chi connectivity index (χ4n) is 3.32. The average Bonchev–Trinajstić information content (AvgIpc) is 3.00. The highest BCUT2D eigenvalue weighted by Gasteiger charge is 2.34. The number of carbonyl (C=O) groups is 1. The Labute approximate surface area is 151 Å². The van der Waals surface area contributed by atoms with Gasteiger partial charge in [-0.05, 0) is 13.0 Å². The number of pyridine rings is 1. The summed E-state index contributed by atoms with van der Waals surface area (Å²) in [7, 11) is 2.92. The molecule has 1 amide bonds. The van der Waals surface area contributed by atoms with E-state index in [2.05, 4.69) is 11.6 Å². The van der Waals surface area contributed by atoms with Crippen molar-refractivity contribution in [1.82, 2.24) is 9.88 Å². The lowest BCUT2D eigenvalue weighted by atomic mass is 10.1. The van der Waals surface area contributed by atoms with Crippen LogP contribution in [0.4, 0.5) is 4.79 Å². The first kappa shape index (κ1) is 17.8. The molecule has 26 heavy (non-hydrogen) atoms. The summed E-state index contributed by atoms with van der Waals surface area (Å²) >= 11 is 0. The zero-order chi connectivity index (χ0) is 18.8. The number of amides is 1. The van der Waals surface area contributed by atoms with Crippen LogP contribution in [0.3, 0.4) is 0 Å². The number of hydrogen-bond acceptors (Lipinski definition) is 5. The Balaban J connectivity index is 1.96. The molecular formula is C19H22N2O5. The van der Waals surface area contributed by atoms with Crippen molar-refractivity contribution in [3.05, 3.63) is 40.7 Å². The average molecular weight is 358 g/mol. The maximum atomic E-state index is 12.0. The minimum Gasteiger partial charge on any atom is -0.496 e. The Hall–Kier alpha value is -2.96. The highest BCUT2D eigenvalue weighted by molar-refractivity contribution is 5.89. The molecule has 138 valence electrons. The molecule has 1 aliphatic heterocycles. The summed E-state index contributed by atoms with van der Waals surface area (Å²) in [6.07, 6.45) is 1.75. The SMILES string of the molecule is C=Cc1cc2c(O[C@@H]3C[C@@H](C)N(C(=O)OC)C3)cc(=O)[nH]c2cc1OC. The van der Waals surface area contributed by atoms with Gasteiger partial charge in [0.15, 0.2) is 0 Å². The lowest BCUT2D eigenvalue weighted by Gasteiger charge is -2.19. The summed E-state index contributed by atoms with van der Waals surface area (Å²) in [4.78, 5) is 28.3. The van der Waals surface area contributed by atoms with E-state index in [1.54, 1.807) is 24.2 Å². The summed E-state index contributed by atoms with van der Waals surface area (Å²) < 4.78 is 16.2. The number of fused-ring (bicyclic) bond motifs is 1. The Morgan fingerprint density at radius 3 is 2.73 bits per heavy atom. The van der Waals surface area contributed by atoms with Gasteiger partial charge in [-0.25, -0.2) is 4.79 Å². The van der Waals surface area contributed by atoms with Crippen LogP contribution in [-0.2, 0) is 4.74 Å². The highest BCUT2D eigenvalue weighted by Crippen LogP contribution is 2.32. The van der Waals surface area contributed by atoms with Crippen LogP contribution in [0.25, 0.3) is 17.0 Å². The van der Waals surface area contributed by atoms with Crippen LogP contribution >= 0.6 is 0 Å². The Bertz CT molecular complexity index is 905. The molecule has 0 bridgehead atoms. The molecule has 3 rings (SSSR count). The smallest absolute Gasteiger partial charge is 0.409 e. The van der Waals surface area contributed by atoms with E-state index >= 15 is 0 Å². The zero-order valence-electron chi connectivity index (χ0n) is 15.1. The van der Waals surface area contributed by atoms with Crippen molar-refractivity contribution in [1.29, 1.82) is 0 Å². The second kappa shape index (κ2) is 7.11. The van der Waals surface area contributed by atoms with Crippen molar-refractivity contribution >= 4 is 23.1 Å². The van der Waals surface area contributed by atoms with Gasteiger partial charge < -0.3 is 24.1 Å². The molecule has 1 N–H and O–H groups in total. The maximum absolute atomic E-state index is 12.0. The summed E-state index contributed by atoms with van der Waals surface area (Å²) in [5.41, 5.74) is 1.15. The fraction of sp³-hybridized carbons (Fsp3) is 0.368. The van der Waals surface area contributed by atoms with Crippen LogP contribution in [0, 0.1) is 0 Å². The van der Waals surface area contributed by atoms with Crippen LogP contribution in [-0.4, -0.2) is 48.9 Å². The van der Waals surface area contributed by atoms with Crippen molar-refractivity contribution in [3.63, 3.8) is 0 Å². The van der Waals surface area contributed by atoms with Crippen LogP contribution in [0.15, 0.2) is 29.6 Å². The number of hydrogen-bond donors (Lipinski definition) is 1. The monoisotopic (exact) mass is 358 g/mol. The zero-order valence-corrected chi connectivity index (χ0v) is 15.1. The van der Waals surface area contributed by atoms with Crippen LogP contribution in [0.2, 0.25) is 0 Å². The fourth-order valence-corrected chi connectivity index (χ4v) is 3.32. The molecule has 1 aromatic heterocycles. The lowest BCUT2D eigenvalue weighted by molar-refractivity contribution is 0.117. The molecule has 0 radical (unpaired) electrons. The highest BCUT2D eigenvalue weighted by atomic mass is 16.5. The predicted molar refractivity (Wildman–Crippen MR) is 98.8 cm³/mol. The third-order valence-electron chi connectivity index (χ3n) is 4.61. The summed E-state index contributed by atoms with van der Waals surface area (Å²) in [5, 5.41) is 0.754. The Kier molecular flexibility index (Phi) is 4.88. The summed E-state index contributed by atoms with van der Waals surface area (Å²) in [6, 6.07) is 5.04. The van der Waals surface area contributed by atoms with Gasteiger partial charge >= 0.3 is 6.09 Å². The molecule has 7 heteroatoms. The molecular weight excluding hydrogens is 336 g/mol. The van der Waals surface area contributed by atoms with E-state index in [0.29, 0.717) is 30.0 Å². The maximum Gasteiger partial charge on any atom is 0.409 e. The van der Waals surface area contributed by atoms with E-state index in [0.717, 1.165) is 10.9 Å². The lowest BCUT2D eigenvalue weighted by Crippen LogP contribution is -2.34. The van der Waals surface area contributed by atoms with E-state index in [-0.39, 0.29) is 23.8 Å². The standard InChI is InChI=1S/C19H22N2O5/c1-5-12-7-14-15(8-16(12)24-3)20-18(22)9-17(14)26-13-6-11(2)21(10-13)19(23)25-4/h5,7-9,11,13H,1,6,10H2,2-4H3,(H,20,22)/t11-,13-/m1/s1. The first-order valence-electron chi connectivity index (χ1n) is 8.35. The minimum atomic E-state index is -0.377. The van der Waals surface area contributed by atoms with Crippen molar-refractivity contribution in [2.75, 3.05) is 20.8 Å². The van der Waals surface area contributed by atoms with E-state index in [1.165, 1.54) is 13.2 Å². The number of nitrogens with one attached hydrogen (secondary N) is 1. The number of methoxy groups -OCH3 is 2. The molecule has 1 fully saturated rings.